The zero-order chi connectivity index (χ0) is 17.4. The highest BCUT2D eigenvalue weighted by Crippen LogP contribution is 2.38. The van der Waals surface area contributed by atoms with Crippen LogP contribution < -0.4 is 19.5 Å². The predicted molar refractivity (Wildman–Crippen MR) is 94.0 cm³/mol. The SMILES string of the molecule is COc1cc(CCC(=O)NCC2CCCCC2)cc(OC)c1OC. The van der Waals surface area contributed by atoms with Crippen molar-refractivity contribution in [3.05, 3.63) is 17.7 Å². The molecule has 0 spiro atoms. The first-order valence-corrected chi connectivity index (χ1v) is 8.73. The molecule has 0 aromatic heterocycles. The molecule has 5 heteroatoms. The Hall–Kier alpha value is -1.91. The summed E-state index contributed by atoms with van der Waals surface area (Å²) < 4.78 is 16.0. The summed E-state index contributed by atoms with van der Waals surface area (Å²) in [5, 5.41) is 3.08. The van der Waals surface area contributed by atoms with Gasteiger partial charge in [0.2, 0.25) is 11.7 Å². The molecule has 0 aliphatic heterocycles. The highest BCUT2D eigenvalue weighted by atomic mass is 16.5. The Morgan fingerprint density at radius 1 is 1.04 bits per heavy atom. The van der Waals surface area contributed by atoms with E-state index >= 15 is 0 Å². The predicted octanol–water partition coefficient (Wildman–Crippen LogP) is 3.34. The number of nitrogens with one attached hydrogen (secondary N) is 1. The maximum Gasteiger partial charge on any atom is 0.220 e. The second-order valence-corrected chi connectivity index (χ2v) is 6.34. The molecule has 134 valence electrons. The fourth-order valence-electron chi connectivity index (χ4n) is 3.28. The topological polar surface area (TPSA) is 56.8 Å². The van der Waals surface area contributed by atoms with Crippen LogP contribution in [0.5, 0.6) is 17.2 Å². The van der Waals surface area contributed by atoms with E-state index in [-0.39, 0.29) is 5.91 Å². The number of methoxy groups -OCH3 is 3. The first-order valence-electron chi connectivity index (χ1n) is 8.73. The average molecular weight is 335 g/mol. The fourth-order valence-corrected chi connectivity index (χ4v) is 3.28. The van der Waals surface area contributed by atoms with Crippen LogP contribution in [-0.2, 0) is 11.2 Å². The van der Waals surface area contributed by atoms with E-state index in [9.17, 15) is 4.79 Å². The van der Waals surface area contributed by atoms with Crippen molar-refractivity contribution in [2.24, 2.45) is 5.92 Å². The second kappa shape index (κ2) is 9.40. The number of benzene rings is 1. The third-order valence-corrected chi connectivity index (χ3v) is 4.68. The van der Waals surface area contributed by atoms with E-state index in [0.29, 0.717) is 36.0 Å². The number of rotatable bonds is 8. The van der Waals surface area contributed by atoms with Crippen molar-refractivity contribution in [1.82, 2.24) is 5.32 Å². The van der Waals surface area contributed by atoms with E-state index in [2.05, 4.69) is 5.32 Å². The standard InChI is InChI=1S/C19H29NO4/c1-22-16-11-15(12-17(23-2)19(16)24-3)9-10-18(21)20-13-14-7-5-4-6-8-14/h11-12,14H,4-10,13H2,1-3H3,(H,20,21). The number of hydrogen-bond acceptors (Lipinski definition) is 4. The Balaban J connectivity index is 1.87. The number of carbonyl (C=O) groups is 1. The summed E-state index contributed by atoms with van der Waals surface area (Å²) in [4.78, 5) is 12.1. The summed E-state index contributed by atoms with van der Waals surface area (Å²) in [6, 6.07) is 3.80. The molecule has 5 nitrogen and oxygen atoms in total. The van der Waals surface area contributed by atoms with Gasteiger partial charge in [-0.2, -0.15) is 0 Å². The van der Waals surface area contributed by atoms with E-state index in [1.54, 1.807) is 21.3 Å². The molecule has 0 heterocycles. The van der Waals surface area contributed by atoms with Gasteiger partial charge in [0.05, 0.1) is 21.3 Å². The quantitative estimate of drug-likeness (QED) is 0.791. The van der Waals surface area contributed by atoms with E-state index in [1.165, 1.54) is 32.1 Å². The molecule has 1 aliphatic rings. The van der Waals surface area contributed by atoms with Crippen molar-refractivity contribution in [1.29, 1.82) is 0 Å². The fraction of sp³-hybridized carbons (Fsp3) is 0.632. The maximum absolute atomic E-state index is 12.1. The third-order valence-electron chi connectivity index (χ3n) is 4.68. The summed E-state index contributed by atoms with van der Waals surface area (Å²) in [7, 11) is 4.77. The number of amides is 1. The smallest absolute Gasteiger partial charge is 0.220 e. The lowest BCUT2D eigenvalue weighted by Gasteiger charge is -2.21. The van der Waals surface area contributed by atoms with Gasteiger partial charge in [-0.25, -0.2) is 0 Å². The zero-order valence-electron chi connectivity index (χ0n) is 15.0. The summed E-state index contributed by atoms with van der Waals surface area (Å²) in [6.45, 7) is 0.814. The van der Waals surface area contributed by atoms with Crippen molar-refractivity contribution >= 4 is 5.91 Å². The molecule has 0 bridgehead atoms. The molecule has 1 saturated carbocycles. The molecule has 1 N–H and O–H groups in total. The Morgan fingerprint density at radius 3 is 2.21 bits per heavy atom. The van der Waals surface area contributed by atoms with Gasteiger partial charge in [-0.15, -0.1) is 0 Å². The van der Waals surface area contributed by atoms with E-state index in [4.69, 9.17) is 14.2 Å². The van der Waals surface area contributed by atoms with Crippen molar-refractivity contribution in [3.8, 4) is 17.2 Å². The molecule has 1 amide bonds. The second-order valence-electron chi connectivity index (χ2n) is 6.34. The van der Waals surface area contributed by atoms with Crippen LogP contribution in [0.2, 0.25) is 0 Å². The molecule has 24 heavy (non-hydrogen) atoms. The lowest BCUT2D eigenvalue weighted by molar-refractivity contribution is -0.121. The van der Waals surface area contributed by atoms with Gasteiger partial charge in [0, 0.05) is 13.0 Å². The van der Waals surface area contributed by atoms with Crippen molar-refractivity contribution in [2.45, 2.75) is 44.9 Å². The van der Waals surface area contributed by atoms with Crippen LogP contribution in [0.1, 0.15) is 44.1 Å². The number of aryl methyl sites for hydroxylation is 1. The van der Waals surface area contributed by atoms with Gasteiger partial charge < -0.3 is 19.5 Å². The molecule has 1 aliphatic carbocycles. The molecule has 0 radical (unpaired) electrons. The minimum absolute atomic E-state index is 0.106. The maximum atomic E-state index is 12.1. The summed E-state index contributed by atoms with van der Waals surface area (Å²) in [6.07, 6.45) is 7.53. The molecule has 0 unspecified atom stereocenters. The van der Waals surface area contributed by atoms with Gasteiger partial charge in [0.15, 0.2) is 11.5 Å². The van der Waals surface area contributed by atoms with Crippen molar-refractivity contribution < 1.29 is 19.0 Å². The van der Waals surface area contributed by atoms with Gasteiger partial charge in [-0.3, -0.25) is 4.79 Å². The summed E-state index contributed by atoms with van der Waals surface area (Å²) >= 11 is 0. The Labute approximate surface area is 144 Å². The molecule has 1 fully saturated rings. The van der Waals surface area contributed by atoms with Crippen molar-refractivity contribution in [3.63, 3.8) is 0 Å². The minimum Gasteiger partial charge on any atom is -0.493 e. The summed E-state index contributed by atoms with van der Waals surface area (Å²) in [5.41, 5.74) is 0.998. The molecule has 0 saturated heterocycles. The van der Waals surface area contributed by atoms with E-state index in [0.717, 1.165) is 12.1 Å². The van der Waals surface area contributed by atoms with Crippen LogP contribution in [0.3, 0.4) is 0 Å². The number of ether oxygens (including phenoxy) is 3. The van der Waals surface area contributed by atoms with Crippen LogP contribution in [0, 0.1) is 5.92 Å². The third kappa shape index (κ3) is 5.05. The minimum atomic E-state index is 0.106. The van der Waals surface area contributed by atoms with Gasteiger partial charge >= 0.3 is 0 Å². The zero-order valence-corrected chi connectivity index (χ0v) is 15.0. The van der Waals surface area contributed by atoms with Gasteiger partial charge in [-0.1, -0.05) is 19.3 Å². The first kappa shape index (κ1) is 18.4. The molecule has 2 rings (SSSR count). The molecule has 1 aromatic carbocycles. The van der Waals surface area contributed by atoms with Gasteiger partial charge in [-0.05, 0) is 42.9 Å². The Kier molecular flexibility index (Phi) is 7.22. The lowest BCUT2D eigenvalue weighted by atomic mass is 9.89. The molecule has 1 aromatic rings. The number of hydrogen-bond donors (Lipinski definition) is 1. The normalized spacial score (nSPS) is 15.0. The van der Waals surface area contributed by atoms with Gasteiger partial charge in [0.25, 0.3) is 0 Å². The van der Waals surface area contributed by atoms with E-state index in [1.807, 2.05) is 12.1 Å². The Bertz CT molecular complexity index is 513. The molecular formula is C19H29NO4. The summed E-state index contributed by atoms with van der Waals surface area (Å²) in [5.74, 6) is 2.58. The van der Waals surface area contributed by atoms with Crippen LogP contribution >= 0.6 is 0 Å². The monoisotopic (exact) mass is 335 g/mol. The Morgan fingerprint density at radius 2 is 1.67 bits per heavy atom. The molecule has 0 atom stereocenters. The van der Waals surface area contributed by atoms with Crippen LogP contribution in [0.25, 0.3) is 0 Å². The van der Waals surface area contributed by atoms with Crippen molar-refractivity contribution in [2.75, 3.05) is 27.9 Å². The lowest BCUT2D eigenvalue weighted by Crippen LogP contribution is -2.30. The van der Waals surface area contributed by atoms with Crippen LogP contribution in [-0.4, -0.2) is 33.8 Å². The highest BCUT2D eigenvalue weighted by molar-refractivity contribution is 5.76. The molecular weight excluding hydrogens is 306 g/mol. The highest BCUT2D eigenvalue weighted by Gasteiger charge is 2.16. The van der Waals surface area contributed by atoms with Crippen LogP contribution in [0.15, 0.2) is 12.1 Å². The first-order chi connectivity index (χ1) is 11.7. The van der Waals surface area contributed by atoms with Gasteiger partial charge in [0.1, 0.15) is 0 Å². The van der Waals surface area contributed by atoms with E-state index < -0.39 is 0 Å². The van der Waals surface area contributed by atoms with Crippen LogP contribution in [0.4, 0.5) is 0 Å². The number of carbonyl (C=O) groups excluding carboxylic acids is 1. The largest absolute Gasteiger partial charge is 0.493 e. The average Bonchev–Trinajstić information content (AvgIpc) is 2.64.